The van der Waals surface area contributed by atoms with Crippen LogP contribution in [0.15, 0.2) is 18.2 Å². The number of benzene rings is 1. The fourth-order valence-corrected chi connectivity index (χ4v) is 1.57. The van der Waals surface area contributed by atoms with Crippen molar-refractivity contribution < 1.29 is 9.53 Å². The number of rotatable bonds is 3. The monoisotopic (exact) mass is 296 g/mol. The van der Waals surface area contributed by atoms with Crippen LogP contribution in [-0.2, 0) is 0 Å². The van der Waals surface area contributed by atoms with Crippen molar-refractivity contribution in [1.29, 1.82) is 0 Å². The lowest BCUT2D eigenvalue weighted by Gasteiger charge is -2.05. The molecule has 1 aromatic rings. The van der Waals surface area contributed by atoms with Crippen molar-refractivity contribution in [3.05, 3.63) is 28.8 Å². The van der Waals surface area contributed by atoms with E-state index < -0.39 is 4.29 Å². The van der Waals surface area contributed by atoms with Gasteiger partial charge in [0.05, 0.1) is 12.1 Å². The minimum Gasteiger partial charge on any atom is -0.497 e. The summed E-state index contributed by atoms with van der Waals surface area (Å²) >= 11 is 14.4. The predicted molar refractivity (Wildman–Crippen MR) is 60.9 cm³/mol. The van der Waals surface area contributed by atoms with E-state index in [0.29, 0.717) is 16.3 Å². The van der Waals surface area contributed by atoms with Crippen LogP contribution in [-0.4, -0.2) is 17.2 Å². The highest BCUT2D eigenvalue weighted by molar-refractivity contribution is 9.10. The number of carbonyl (C=O) groups is 1. The summed E-state index contributed by atoms with van der Waals surface area (Å²) in [5.74, 6) is 0.339. The molecule has 1 rings (SSSR count). The third kappa shape index (κ3) is 2.62. The minimum atomic E-state index is -0.756. The van der Waals surface area contributed by atoms with E-state index in [-0.39, 0.29) is 5.78 Å². The second-order valence-electron chi connectivity index (χ2n) is 2.51. The van der Waals surface area contributed by atoms with Crippen LogP contribution < -0.4 is 4.74 Å². The number of methoxy groups -OCH3 is 1. The average molecular weight is 298 g/mol. The lowest BCUT2D eigenvalue weighted by atomic mass is 10.1. The Labute approximate surface area is 100 Å². The van der Waals surface area contributed by atoms with E-state index in [4.69, 9.17) is 27.9 Å². The zero-order valence-corrected chi connectivity index (χ0v) is 10.4. The molecule has 2 nitrogen and oxygen atoms in total. The van der Waals surface area contributed by atoms with Crippen LogP contribution in [0.1, 0.15) is 10.4 Å². The van der Waals surface area contributed by atoms with Crippen LogP contribution in [0.5, 0.6) is 5.75 Å². The molecule has 0 fully saturated rings. The van der Waals surface area contributed by atoms with Gasteiger partial charge >= 0.3 is 0 Å². The van der Waals surface area contributed by atoms with Gasteiger partial charge < -0.3 is 4.74 Å². The maximum Gasteiger partial charge on any atom is 0.192 e. The fourth-order valence-electron chi connectivity index (χ4n) is 0.940. The Hall–Kier alpha value is -0.250. The summed E-state index contributed by atoms with van der Waals surface area (Å²) in [5, 5.41) is 0.333. The molecule has 0 radical (unpaired) electrons. The summed E-state index contributed by atoms with van der Waals surface area (Å²) in [6, 6.07) is 4.81. The van der Waals surface area contributed by atoms with Gasteiger partial charge in [0.1, 0.15) is 5.75 Å². The number of ketones is 1. The van der Waals surface area contributed by atoms with E-state index in [1.54, 1.807) is 18.2 Å². The van der Waals surface area contributed by atoms with Crippen LogP contribution in [0, 0.1) is 0 Å². The van der Waals surface area contributed by atoms with Crippen molar-refractivity contribution in [1.82, 2.24) is 0 Å². The maximum atomic E-state index is 11.5. The van der Waals surface area contributed by atoms with Crippen molar-refractivity contribution in [2.75, 3.05) is 7.11 Å². The van der Waals surface area contributed by atoms with Gasteiger partial charge in [-0.25, -0.2) is 0 Å². The molecule has 0 aromatic heterocycles. The van der Waals surface area contributed by atoms with E-state index in [1.807, 2.05) is 0 Å². The van der Waals surface area contributed by atoms with Gasteiger partial charge in [-0.15, -0.1) is 11.6 Å². The number of hydrogen-bond acceptors (Lipinski definition) is 2. The topological polar surface area (TPSA) is 26.3 Å². The smallest absolute Gasteiger partial charge is 0.192 e. The van der Waals surface area contributed by atoms with E-state index in [9.17, 15) is 4.79 Å². The lowest BCUT2D eigenvalue weighted by molar-refractivity contribution is 0.101. The number of halogens is 3. The highest BCUT2D eigenvalue weighted by Gasteiger charge is 2.17. The van der Waals surface area contributed by atoms with Crippen molar-refractivity contribution in [3.8, 4) is 5.75 Å². The number of carbonyl (C=O) groups excluding carboxylic acids is 1. The lowest BCUT2D eigenvalue weighted by Crippen LogP contribution is -2.08. The summed E-state index contributed by atoms with van der Waals surface area (Å²) in [6.45, 7) is 0. The van der Waals surface area contributed by atoms with E-state index in [1.165, 1.54) is 7.11 Å². The first-order valence-corrected chi connectivity index (χ1v) is 5.45. The Morgan fingerprint density at radius 2 is 2.21 bits per heavy atom. The molecule has 5 heteroatoms. The summed E-state index contributed by atoms with van der Waals surface area (Å²) in [5.41, 5.74) is 0.379. The van der Waals surface area contributed by atoms with Crippen molar-refractivity contribution in [2.45, 2.75) is 4.29 Å². The molecule has 1 atom stereocenters. The van der Waals surface area contributed by atoms with Gasteiger partial charge in [-0.3, -0.25) is 4.79 Å². The zero-order valence-electron chi connectivity index (χ0n) is 7.26. The van der Waals surface area contributed by atoms with Crippen LogP contribution in [0.25, 0.3) is 0 Å². The summed E-state index contributed by atoms with van der Waals surface area (Å²) in [7, 11) is 1.53. The highest BCUT2D eigenvalue weighted by Crippen LogP contribution is 2.25. The summed E-state index contributed by atoms with van der Waals surface area (Å²) in [4.78, 5) is 11.5. The van der Waals surface area contributed by atoms with Crippen LogP contribution >= 0.6 is 39.1 Å². The molecule has 0 spiro atoms. The number of alkyl halides is 2. The Morgan fingerprint density at radius 3 is 2.64 bits per heavy atom. The quantitative estimate of drug-likeness (QED) is 0.630. The number of hydrogen-bond donors (Lipinski definition) is 0. The molecule has 0 saturated heterocycles. The number of Topliss-reactive ketones (excluding diaryl/α,β-unsaturated/α-hetero) is 1. The maximum absolute atomic E-state index is 11.5. The molecule has 1 aromatic carbocycles. The van der Waals surface area contributed by atoms with Gasteiger partial charge in [0, 0.05) is 5.56 Å². The van der Waals surface area contributed by atoms with Crippen molar-refractivity contribution >= 4 is 44.9 Å². The minimum absolute atomic E-state index is 0.265. The Morgan fingerprint density at radius 1 is 1.57 bits per heavy atom. The second kappa shape index (κ2) is 5.01. The third-order valence-corrected chi connectivity index (χ3v) is 2.57. The summed E-state index contributed by atoms with van der Waals surface area (Å²) in [6.07, 6.45) is 0. The molecule has 76 valence electrons. The molecule has 0 N–H and O–H groups in total. The fraction of sp³-hybridized carbons (Fsp3) is 0.222. The molecular formula is C9H7BrCl2O2. The van der Waals surface area contributed by atoms with Crippen LogP contribution in [0.3, 0.4) is 0 Å². The normalized spacial score (nSPS) is 12.3. The molecule has 0 aliphatic carbocycles. The first-order valence-electron chi connectivity index (χ1n) is 3.72. The SMILES string of the molecule is COc1ccc(C(=O)C(Cl)Br)c(Cl)c1. The molecular weight excluding hydrogens is 291 g/mol. The highest BCUT2D eigenvalue weighted by atomic mass is 79.9. The zero-order chi connectivity index (χ0) is 10.7. The molecule has 0 amide bonds. The second-order valence-corrected chi connectivity index (χ2v) is 4.80. The van der Waals surface area contributed by atoms with Gasteiger partial charge in [-0.2, -0.15) is 0 Å². The van der Waals surface area contributed by atoms with Gasteiger partial charge in [-0.1, -0.05) is 27.5 Å². The van der Waals surface area contributed by atoms with Gasteiger partial charge in [0.25, 0.3) is 0 Å². The van der Waals surface area contributed by atoms with Gasteiger partial charge in [0.2, 0.25) is 0 Å². The molecule has 0 aliphatic rings. The van der Waals surface area contributed by atoms with E-state index in [2.05, 4.69) is 15.9 Å². The Bertz CT molecular complexity index is 353. The molecule has 0 aliphatic heterocycles. The van der Waals surface area contributed by atoms with E-state index >= 15 is 0 Å². The molecule has 0 heterocycles. The Balaban J connectivity index is 3.06. The van der Waals surface area contributed by atoms with Crippen LogP contribution in [0.2, 0.25) is 5.02 Å². The van der Waals surface area contributed by atoms with Gasteiger partial charge in [-0.05, 0) is 18.2 Å². The molecule has 14 heavy (non-hydrogen) atoms. The van der Waals surface area contributed by atoms with Crippen LogP contribution in [0.4, 0.5) is 0 Å². The average Bonchev–Trinajstić information content (AvgIpc) is 2.16. The molecule has 0 bridgehead atoms. The van der Waals surface area contributed by atoms with Crippen molar-refractivity contribution in [3.63, 3.8) is 0 Å². The van der Waals surface area contributed by atoms with Gasteiger partial charge in [0.15, 0.2) is 10.1 Å². The van der Waals surface area contributed by atoms with Crippen molar-refractivity contribution in [2.24, 2.45) is 0 Å². The summed E-state index contributed by atoms with van der Waals surface area (Å²) < 4.78 is 4.19. The predicted octanol–water partition coefficient (Wildman–Crippen LogP) is 3.49. The number of ether oxygens (including phenoxy) is 1. The third-order valence-electron chi connectivity index (χ3n) is 1.64. The standard InChI is InChI=1S/C9H7BrCl2O2/c1-14-5-2-3-6(7(11)4-5)8(13)9(10)12/h2-4,9H,1H3. The first kappa shape index (κ1) is 11.8. The largest absolute Gasteiger partial charge is 0.497 e. The Kier molecular flexibility index (Phi) is 4.23. The molecule has 1 unspecified atom stereocenters. The molecule has 0 saturated carbocycles. The van der Waals surface area contributed by atoms with E-state index in [0.717, 1.165) is 0 Å². The first-order chi connectivity index (χ1) is 6.56.